The summed E-state index contributed by atoms with van der Waals surface area (Å²) in [6, 6.07) is 6.08. The highest BCUT2D eigenvalue weighted by Gasteiger charge is 2.09. The van der Waals surface area contributed by atoms with E-state index in [4.69, 9.17) is 5.11 Å². The SMILES string of the molecule is CC(O)CCC(=O)Nc1cccc(S(C)(=O)=O)c1. The molecule has 1 unspecified atom stereocenters. The highest BCUT2D eigenvalue weighted by atomic mass is 32.2. The van der Waals surface area contributed by atoms with Gasteiger partial charge in [0, 0.05) is 18.4 Å². The van der Waals surface area contributed by atoms with E-state index in [2.05, 4.69) is 5.32 Å². The van der Waals surface area contributed by atoms with Crippen molar-refractivity contribution in [3.05, 3.63) is 24.3 Å². The lowest BCUT2D eigenvalue weighted by atomic mass is 10.2. The number of hydrogen-bond donors (Lipinski definition) is 2. The van der Waals surface area contributed by atoms with Crippen molar-refractivity contribution in [3.8, 4) is 0 Å². The molecule has 6 heteroatoms. The normalized spacial score (nSPS) is 13.1. The van der Waals surface area contributed by atoms with Crippen molar-refractivity contribution in [1.82, 2.24) is 0 Å². The summed E-state index contributed by atoms with van der Waals surface area (Å²) < 4.78 is 22.7. The van der Waals surface area contributed by atoms with Crippen LogP contribution in [0.5, 0.6) is 0 Å². The van der Waals surface area contributed by atoms with Gasteiger partial charge in [-0.25, -0.2) is 8.42 Å². The Morgan fingerprint density at radius 1 is 1.44 bits per heavy atom. The fourth-order valence-electron chi connectivity index (χ4n) is 1.37. The summed E-state index contributed by atoms with van der Waals surface area (Å²) in [6.07, 6.45) is 1.15. The zero-order valence-electron chi connectivity index (χ0n) is 10.4. The summed E-state index contributed by atoms with van der Waals surface area (Å²) in [5.74, 6) is -0.249. The molecule has 1 atom stereocenters. The molecule has 0 bridgehead atoms. The van der Waals surface area contributed by atoms with Gasteiger partial charge >= 0.3 is 0 Å². The number of hydrogen-bond acceptors (Lipinski definition) is 4. The van der Waals surface area contributed by atoms with Crippen LogP contribution in [0.1, 0.15) is 19.8 Å². The molecule has 0 radical (unpaired) electrons. The van der Waals surface area contributed by atoms with Gasteiger partial charge in [-0.3, -0.25) is 4.79 Å². The molecule has 0 spiro atoms. The van der Waals surface area contributed by atoms with Crippen LogP contribution in [0.3, 0.4) is 0 Å². The summed E-state index contributed by atoms with van der Waals surface area (Å²) >= 11 is 0. The third-order valence-corrected chi connectivity index (χ3v) is 3.45. The zero-order valence-corrected chi connectivity index (χ0v) is 11.2. The Morgan fingerprint density at radius 2 is 2.11 bits per heavy atom. The van der Waals surface area contributed by atoms with Crippen molar-refractivity contribution >= 4 is 21.4 Å². The average Bonchev–Trinajstić information content (AvgIpc) is 2.25. The van der Waals surface area contributed by atoms with Crippen LogP contribution < -0.4 is 5.32 Å². The van der Waals surface area contributed by atoms with E-state index >= 15 is 0 Å². The van der Waals surface area contributed by atoms with E-state index in [-0.39, 0.29) is 17.2 Å². The van der Waals surface area contributed by atoms with Crippen molar-refractivity contribution in [2.24, 2.45) is 0 Å². The number of rotatable bonds is 5. The molecule has 1 amide bonds. The maximum absolute atomic E-state index is 11.5. The number of carbonyl (C=O) groups is 1. The molecule has 0 aliphatic heterocycles. The van der Waals surface area contributed by atoms with Gasteiger partial charge in [0.15, 0.2) is 9.84 Å². The van der Waals surface area contributed by atoms with Gasteiger partial charge < -0.3 is 10.4 Å². The predicted octanol–water partition coefficient (Wildman–Crippen LogP) is 1.19. The maximum Gasteiger partial charge on any atom is 0.224 e. The third kappa shape index (κ3) is 4.85. The summed E-state index contributed by atoms with van der Waals surface area (Å²) in [6.45, 7) is 1.61. The molecular formula is C12H17NO4S. The smallest absolute Gasteiger partial charge is 0.224 e. The Balaban J connectivity index is 2.71. The molecule has 1 rings (SSSR count). The van der Waals surface area contributed by atoms with Gasteiger partial charge in [-0.15, -0.1) is 0 Å². The first-order chi connectivity index (χ1) is 8.29. The highest BCUT2D eigenvalue weighted by molar-refractivity contribution is 7.90. The molecule has 0 saturated carbocycles. The van der Waals surface area contributed by atoms with E-state index in [0.717, 1.165) is 6.26 Å². The standard InChI is InChI=1S/C12H17NO4S/c1-9(14)6-7-12(15)13-10-4-3-5-11(8-10)18(2,16)17/h3-5,8-9,14H,6-7H2,1-2H3,(H,13,15). The summed E-state index contributed by atoms with van der Waals surface area (Å²) in [5, 5.41) is 11.7. The Hall–Kier alpha value is -1.40. The Bertz CT molecular complexity index is 523. The summed E-state index contributed by atoms with van der Waals surface area (Å²) in [7, 11) is -3.28. The Labute approximate surface area is 107 Å². The second-order valence-corrected chi connectivity index (χ2v) is 6.25. The van der Waals surface area contributed by atoms with Crippen LogP contribution in [0.2, 0.25) is 0 Å². The fraction of sp³-hybridized carbons (Fsp3) is 0.417. The second kappa shape index (κ2) is 5.97. The first-order valence-electron chi connectivity index (χ1n) is 5.57. The van der Waals surface area contributed by atoms with E-state index in [1.54, 1.807) is 19.1 Å². The predicted molar refractivity (Wildman–Crippen MR) is 69.1 cm³/mol. The third-order valence-electron chi connectivity index (χ3n) is 2.34. The molecule has 0 fully saturated rings. The van der Waals surface area contributed by atoms with Crippen LogP contribution in [0, 0.1) is 0 Å². The van der Waals surface area contributed by atoms with Gasteiger partial charge in [-0.05, 0) is 31.5 Å². The van der Waals surface area contributed by atoms with Crippen LogP contribution in [0.15, 0.2) is 29.2 Å². The number of aliphatic hydroxyl groups is 1. The van der Waals surface area contributed by atoms with E-state index in [9.17, 15) is 13.2 Å². The number of amides is 1. The van der Waals surface area contributed by atoms with Crippen LogP contribution in [-0.4, -0.2) is 31.8 Å². The monoisotopic (exact) mass is 271 g/mol. The number of benzene rings is 1. The first kappa shape index (κ1) is 14.7. The topological polar surface area (TPSA) is 83.5 Å². The molecule has 1 aromatic rings. The molecule has 5 nitrogen and oxygen atoms in total. The van der Waals surface area contributed by atoms with Crippen LogP contribution >= 0.6 is 0 Å². The molecule has 0 heterocycles. The lowest BCUT2D eigenvalue weighted by Crippen LogP contribution is -2.14. The van der Waals surface area contributed by atoms with Crippen molar-refractivity contribution in [3.63, 3.8) is 0 Å². The first-order valence-corrected chi connectivity index (χ1v) is 7.46. The summed E-state index contributed by atoms with van der Waals surface area (Å²) in [4.78, 5) is 11.7. The summed E-state index contributed by atoms with van der Waals surface area (Å²) in [5.41, 5.74) is 0.438. The minimum Gasteiger partial charge on any atom is -0.393 e. The number of aliphatic hydroxyl groups excluding tert-OH is 1. The van der Waals surface area contributed by atoms with Crippen LogP contribution in [0.25, 0.3) is 0 Å². The highest BCUT2D eigenvalue weighted by Crippen LogP contribution is 2.15. The number of nitrogens with one attached hydrogen (secondary N) is 1. The van der Waals surface area contributed by atoms with Gasteiger partial charge in [0.25, 0.3) is 0 Å². The van der Waals surface area contributed by atoms with Crippen molar-refractivity contribution in [2.75, 3.05) is 11.6 Å². The fourth-order valence-corrected chi connectivity index (χ4v) is 2.03. The Morgan fingerprint density at radius 3 is 2.67 bits per heavy atom. The maximum atomic E-state index is 11.5. The van der Waals surface area contributed by atoms with Gasteiger partial charge in [0.1, 0.15) is 0 Å². The minimum absolute atomic E-state index is 0.163. The molecule has 1 aromatic carbocycles. The van der Waals surface area contributed by atoms with Crippen molar-refractivity contribution < 1.29 is 18.3 Å². The van der Waals surface area contributed by atoms with Crippen LogP contribution in [-0.2, 0) is 14.6 Å². The van der Waals surface area contributed by atoms with E-state index in [1.807, 2.05) is 0 Å². The quantitative estimate of drug-likeness (QED) is 0.842. The molecule has 2 N–H and O–H groups in total. The lowest BCUT2D eigenvalue weighted by Gasteiger charge is -2.07. The van der Waals surface area contributed by atoms with E-state index in [1.165, 1.54) is 12.1 Å². The van der Waals surface area contributed by atoms with Crippen molar-refractivity contribution in [2.45, 2.75) is 30.8 Å². The average molecular weight is 271 g/mol. The minimum atomic E-state index is -3.28. The second-order valence-electron chi connectivity index (χ2n) is 4.24. The largest absolute Gasteiger partial charge is 0.393 e. The number of anilines is 1. The van der Waals surface area contributed by atoms with E-state index < -0.39 is 15.9 Å². The van der Waals surface area contributed by atoms with Gasteiger partial charge in [0.05, 0.1) is 11.0 Å². The molecule has 100 valence electrons. The number of sulfone groups is 1. The van der Waals surface area contributed by atoms with Crippen molar-refractivity contribution in [1.29, 1.82) is 0 Å². The molecule has 0 saturated heterocycles. The van der Waals surface area contributed by atoms with Gasteiger partial charge in [0.2, 0.25) is 5.91 Å². The lowest BCUT2D eigenvalue weighted by molar-refractivity contribution is -0.116. The molecule has 0 aliphatic rings. The van der Waals surface area contributed by atoms with Crippen LogP contribution in [0.4, 0.5) is 5.69 Å². The molecular weight excluding hydrogens is 254 g/mol. The molecule has 18 heavy (non-hydrogen) atoms. The Kier molecular flexibility index (Phi) is 4.86. The van der Waals surface area contributed by atoms with Gasteiger partial charge in [-0.2, -0.15) is 0 Å². The molecule has 0 aliphatic carbocycles. The number of carbonyl (C=O) groups excluding carboxylic acids is 1. The van der Waals surface area contributed by atoms with Gasteiger partial charge in [-0.1, -0.05) is 6.07 Å². The van der Waals surface area contributed by atoms with E-state index in [0.29, 0.717) is 12.1 Å². The zero-order chi connectivity index (χ0) is 13.8. The molecule has 0 aromatic heterocycles.